The molecule has 1 N–H and O–H groups in total. The highest BCUT2D eigenvalue weighted by atomic mass is 79.9. The fourth-order valence-corrected chi connectivity index (χ4v) is 4.92. The van der Waals surface area contributed by atoms with Gasteiger partial charge in [-0.1, -0.05) is 48.5 Å². The van der Waals surface area contributed by atoms with E-state index in [1.807, 2.05) is 0 Å². The Balaban J connectivity index is 1.89. The van der Waals surface area contributed by atoms with E-state index in [4.69, 9.17) is 0 Å². The largest absolute Gasteiger partial charge is 0.351 e. The molecule has 0 aromatic carbocycles. The Morgan fingerprint density at radius 3 is 2.55 bits per heavy atom. The van der Waals surface area contributed by atoms with Crippen molar-refractivity contribution in [3.8, 4) is 0 Å². The molecule has 0 aliphatic heterocycles. The second-order valence-corrected chi connectivity index (χ2v) is 7.95. The lowest BCUT2D eigenvalue weighted by Crippen LogP contribution is -2.49. The zero-order valence-corrected chi connectivity index (χ0v) is 14.7. The summed E-state index contributed by atoms with van der Waals surface area (Å²) in [6, 6.07) is 0. The normalized spacial score (nSPS) is 33.0. The van der Waals surface area contributed by atoms with Gasteiger partial charge in [0, 0.05) is 16.8 Å². The predicted molar refractivity (Wildman–Crippen MR) is 88.0 cm³/mol. The van der Waals surface area contributed by atoms with E-state index in [1.165, 1.54) is 32.1 Å². The van der Waals surface area contributed by atoms with Crippen LogP contribution in [0.25, 0.3) is 0 Å². The third-order valence-corrected chi connectivity index (χ3v) is 6.16. The Labute approximate surface area is 132 Å². The fourth-order valence-electron chi connectivity index (χ4n) is 4.05. The van der Waals surface area contributed by atoms with Gasteiger partial charge in [-0.3, -0.25) is 4.79 Å². The number of hydrogen-bond acceptors (Lipinski definition) is 1. The summed E-state index contributed by atoms with van der Waals surface area (Å²) in [5.41, 5.74) is -0.0377. The van der Waals surface area contributed by atoms with Gasteiger partial charge in [-0.05, 0) is 50.9 Å². The molecule has 0 spiro atoms. The molecule has 4 unspecified atom stereocenters. The van der Waals surface area contributed by atoms with Crippen molar-refractivity contribution in [3.05, 3.63) is 0 Å². The summed E-state index contributed by atoms with van der Waals surface area (Å²) < 4.78 is 0. The van der Waals surface area contributed by atoms with Gasteiger partial charge >= 0.3 is 0 Å². The molecule has 4 atom stereocenters. The third kappa shape index (κ3) is 3.99. The Morgan fingerprint density at radius 2 is 1.90 bits per heavy atom. The molecular weight excluding hydrogens is 314 g/mol. The van der Waals surface area contributed by atoms with Crippen molar-refractivity contribution in [1.29, 1.82) is 0 Å². The molecule has 1 amide bonds. The van der Waals surface area contributed by atoms with Crippen molar-refractivity contribution in [2.75, 3.05) is 5.33 Å². The lowest BCUT2D eigenvalue weighted by molar-refractivity contribution is -0.129. The van der Waals surface area contributed by atoms with Crippen LogP contribution in [0.3, 0.4) is 0 Å². The van der Waals surface area contributed by atoms with Crippen molar-refractivity contribution in [1.82, 2.24) is 5.32 Å². The number of amides is 1. The van der Waals surface area contributed by atoms with Crippen LogP contribution in [0.1, 0.15) is 71.6 Å². The summed E-state index contributed by atoms with van der Waals surface area (Å²) in [4.78, 5) is 12.6. The van der Waals surface area contributed by atoms with Crippen LogP contribution in [0.5, 0.6) is 0 Å². The van der Waals surface area contributed by atoms with Crippen LogP contribution in [0.15, 0.2) is 0 Å². The molecule has 0 radical (unpaired) electrons. The maximum Gasteiger partial charge on any atom is 0.223 e. The van der Waals surface area contributed by atoms with E-state index in [2.05, 4.69) is 35.1 Å². The lowest BCUT2D eigenvalue weighted by atomic mass is 9.67. The van der Waals surface area contributed by atoms with Crippen molar-refractivity contribution < 1.29 is 4.79 Å². The van der Waals surface area contributed by atoms with Crippen LogP contribution in [0, 0.1) is 17.8 Å². The number of carbonyl (C=O) groups excluding carboxylic acids is 1. The average molecular weight is 344 g/mol. The van der Waals surface area contributed by atoms with Gasteiger partial charge in [0.25, 0.3) is 0 Å². The van der Waals surface area contributed by atoms with E-state index in [-0.39, 0.29) is 11.5 Å². The number of nitrogens with one attached hydrogen (secondary N) is 1. The number of rotatable bonds is 5. The third-order valence-electron chi connectivity index (χ3n) is 5.76. The second-order valence-electron chi connectivity index (χ2n) is 7.16. The predicted octanol–water partition coefficient (Wildman–Crippen LogP) is 4.66. The maximum atomic E-state index is 12.6. The van der Waals surface area contributed by atoms with E-state index in [0.29, 0.717) is 5.91 Å². The van der Waals surface area contributed by atoms with Gasteiger partial charge in [0.1, 0.15) is 0 Å². The highest BCUT2D eigenvalue weighted by molar-refractivity contribution is 9.09. The van der Waals surface area contributed by atoms with Gasteiger partial charge in [0.05, 0.1) is 0 Å². The minimum atomic E-state index is -0.0377. The zero-order valence-electron chi connectivity index (χ0n) is 13.1. The summed E-state index contributed by atoms with van der Waals surface area (Å²) in [6.07, 6.45) is 11.1. The Bertz CT molecular complexity index is 333. The van der Waals surface area contributed by atoms with Crippen LogP contribution in [-0.2, 0) is 4.79 Å². The molecule has 0 heterocycles. The van der Waals surface area contributed by atoms with E-state index in [0.717, 1.165) is 42.8 Å². The van der Waals surface area contributed by atoms with Crippen molar-refractivity contribution >= 4 is 21.8 Å². The molecule has 0 bridgehead atoms. The van der Waals surface area contributed by atoms with Crippen molar-refractivity contribution in [2.45, 2.75) is 77.2 Å². The van der Waals surface area contributed by atoms with Crippen molar-refractivity contribution in [3.63, 3.8) is 0 Å². The first-order chi connectivity index (χ1) is 9.58. The fraction of sp³-hybridized carbons (Fsp3) is 0.941. The van der Waals surface area contributed by atoms with Crippen LogP contribution < -0.4 is 5.32 Å². The summed E-state index contributed by atoms with van der Waals surface area (Å²) in [7, 11) is 0. The Morgan fingerprint density at radius 1 is 1.20 bits per heavy atom. The Hall–Kier alpha value is -0.0500. The van der Waals surface area contributed by atoms with Gasteiger partial charge in [-0.15, -0.1) is 0 Å². The van der Waals surface area contributed by atoms with Gasteiger partial charge < -0.3 is 5.32 Å². The summed E-state index contributed by atoms with van der Waals surface area (Å²) in [5, 5.41) is 4.29. The van der Waals surface area contributed by atoms with Gasteiger partial charge in [0.15, 0.2) is 0 Å². The number of fused-ring (bicyclic) bond motifs is 1. The molecule has 0 saturated heterocycles. The van der Waals surface area contributed by atoms with Crippen LogP contribution in [0.4, 0.5) is 0 Å². The van der Waals surface area contributed by atoms with E-state index < -0.39 is 0 Å². The average Bonchev–Trinajstić information content (AvgIpc) is 2.47. The monoisotopic (exact) mass is 343 g/mol. The van der Waals surface area contributed by atoms with Gasteiger partial charge in [0.2, 0.25) is 5.91 Å². The molecule has 116 valence electrons. The standard InChI is InChI=1S/C17H30BrNO/c1-3-17(2,10-11-18)19-16(20)15-9-8-13-6-4-5-7-14(13)12-15/h13-15H,3-12H2,1-2H3,(H,19,20). The smallest absolute Gasteiger partial charge is 0.223 e. The molecule has 3 heteroatoms. The van der Waals surface area contributed by atoms with E-state index in [9.17, 15) is 4.79 Å². The first kappa shape index (κ1) is 16.3. The first-order valence-corrected chi connectivity index (χ1v) is 9.58. The van der Waals surface area contributed by atoms with E-state index >= 15 is 0 Å². The summed E-state index contributed by atoms with van der Waals surface area (Å²) in [5.74, 6) is 2.35. The number of carbonyl (C=O) groups is 1. The summed E-state index contributed by atoms with van der Waals surface area (Å²) >= 11 is 3.51. The highest BCUT2D eigenvalue weighted by Crippen LogP contribution is 2.42. The zero-order chi connectivity index (χ0) is 14.6. The molecule has 2 nitrogen and oxygen atoms in total. The number of hydrogen-bond donors (Lipinski definition) is 1. The SMILES string of the molecule is CCC(C)(CCBr)NC(=O)C1CCC2CCCCC2C1. The molecular formula is C17H30BrNO. The first-order valence-electron chi connectivity index (χ1n) is 8.46. The molecule has 2 fully saturated rings. The van der Waals surface area contributed by atoms with E-state index in [1.54, 1.807) is 0 Å². The van der Waals surface area contributed by atoms with Crippen LogP contribution in [0.2, 0.25) is 0 Å². The molecule has 2 aliphatic rings. The topological polar surface area (TPSA) is 29.1 Å². The minimum absolute atomic E-state index is 0.0377. The van der Waals surface area contributed by atoms with Gasteiger partial charge in [-0.25, -0.2) is 0 Å². The van der Waals surface area contributed by atoms with Crippen molar-refractivity contribution in [2.24, 2.45) is 17.8 Å². The van der Waals surface area contributed by atoms with Crippen LogP contribution in [-0.4, -0.2) is 16.8 Å². The minimum Gasteiger partial charge on any atom is -0.351 e. The maximum absolute atomic E-state index is 12.6. The summed E-state index contributed by atoms with van der Waals surface area (Å²) in [6.45, 7) is 4.35. The molecule has 20 heavy (non-hydrogen) atoms. The molecule has 2 saturated carbocycles. The molecule has 2 aliphatic carbocycles. The lowest BCUT2D eigenvalue weighted by Gasteiger charge is -2.40. The number of alkyl halides is 1. The molecule has 0 aromatic rings. The highest BCUT2D eigenvalue weighted by Gasteiger charge is 2.36. The van der Waals surface area contributed by atoms with Crippen LogP contribution >= 0.6 is 15.9 Å². The second kappa shape index (κ2) is 7.29. The Kier molecular flexibility index (Phi) is 5.95. The molecule has 0 aromatic heterocycles. The quantitative estimate of drug-likeness (QED) is 0.722. The van der Waals surface area contributed by atoms with Gasteiger partial charge in [-0.2, -0.15) is 0 Å². The number of halogens is 1. The molecule has 2 rings (SSSR count).